The lowest BCUT2D eigenvalue weighted by Gasteiger charge is -2.13. The fourth-order valence-corrected chi connectivity index (χ4v) is 3.88. The van der Waals surface area contributed by atoms with E-state index in [1.165, 1.54) is 0 Å². The SMILES string of the molecule is O=c1[nH]c2c(cnc3cc(-c4ccsc4)nn32)cc1C1C=CC=CC1. The molecule has 6 heteroatoms. The van der Waals surface area contributed by atoms with E-state index in [1.807, 2.05) is 41.1 Å². The molecule has 0 spiro atoms. The number of pyridine rings is 1. The van der Waals surface area contributed by atoms with E-state index in [9.17, 15) is 4.79 Å². The van der Waals surface area contributed by atoms with Crippen molar-refractivity contribution in [3.63, 3.8) is 0 Å². The highest BCUT2D eigenvalue weighted by Crippen LogP contribution is 2.26. The van der Waals surface area contributed by atoms with Crippen molar-refractivity contribution in [3.05, 3.63) is 75.4 Å². The summed E-state index contributed by atoms with van der Waals surface area (Å²) in [6.07, 6.45) is 10.8. The molecule has 25 heavy (non-hydrogen) atoms. The van der Waals surface area contributed by atoms with Gasteiger partial charge in [0.15, 0.2) is 5.65 Å². The van der Waals surface area contributed by atoms with E-state index in [2.05, 4.69) is 27.2 Å². The first-order valence-corrected chi connectivity index (χ1v) is 9.01. The minimum absolute atomic E-state index is 0.0717. The van der Waals surface area contributed by atoms with Gasteiger partial charge in [-0.05, 0) is 23.9 Å². The van der Waals surface area contributed by atoms with E-state index < -0.39 is 0 Å². The van der Waals surface area contributed by atoms with Gasteiger partial charge >= 0.3 is 0 Å². The second-order valence-corrected chi connectivity index (χ2v) is 6.86. The maximum Gasteiger partial charge on any atom is 0.253 e. The third-order valence-electron chi connectivity index (χ3n) is 4.51. The molecule has 1 unspecified atom stereocenters. The molecule has 122 valence electrons. The van der Waals surface area contributed by atoms with Gasteiger partial charge in [-0.15, -0.1) is 0 Å². The van der Waals surface area contributed by atoms with Crippen LogP contribution in [0.3, 0.4) is 0 Å². The topological polar surface area (TPSA) is 63.0 Å². The Morgan fingerprint density at radius 1 is 1.28 bits per heavy atom. The summed E-state index contributed by atoms with van der Waals surface area (Å²) in [5.41, 5.74) is 4.00. The van der Waals surface area contributed by atoms with Crippen LogP contribution in [0.4, 0.5) is 0 Å². The number of hydrogen-bond acceptors (Lipinski definition) is 4. The lowest BCUT2D eigenvalue weighted by molar-refractivity contribution is 0.834. The van der Waals surface area contributed by atoms with Gasteiger partial charge in [0, 0.05) is 40.1 Å². The molecule has 0 radical (unpaired) electrons. The molecule has 1 atom stereocenters. The van der Waals surface area contributed by atoms with Gasteiger partial charge in [0.05, 0.1) is 5.69 Å². The highest BCUT2D eigenvalue weighted by molar-refractivity contribution is 7.08. The van der Waals surface area contributed by atoms with Crippen LogP contribution in [0.15, 0.2) is 64.3 Å². The van der Waals surface area contributed by atoms with Crippen LogP contribution in [0.25, 0.3) is 27.9 Å². The van der Waals surface area contributed by atoms with Crippen molar-refractivity contribution in [1.29, 1.82) is 0 Å². The van der Waals surface area contributed by atoms with Gasteiger partial charge < -0.3 is 4.98 Å². The third-order valence-corrected chi connectivity index (χ3v) is 5.20. The Kier molecular flexibility index (Phi) is 3.18. The van der Waals surface area contributed by atoms with E-state index in [-0.39, 0.29) is 11.5 Å². The van der Waals surface area contributed by atoms with E-state index in [0.29, 0.717) is 5.65 Å². The number of hydrogen-bond donors (Lipinski definition) is 1. The molecule has 0 aliphatic heterocycles. The van der Waals surface area contributed by atoms with Gasteiger partial charge in [-0.1, -0.05) is 24.3 Å². The molecule has 4 aromatic rings. The number of aromatic nitrogens is 4. The van der Waals surface area contributed by atoms with Crippen LogP contribution in [-0.2, 0) is 0 Å². The summed E-state index contributed by atoms with van der Waals surface area (Å²) in [7, 11) is 0. The molecule has 0 fully saturated rings. The summed E-state index contributed by atoms with van der Waals surface area (Å²) in [6, 6.07) is 5.89. The van der Waals surface area contributed by atoms with Crippen molar-refractivity contribution in [3.8, 4) is 11.3 Å². The van der Waals surface area contributed by atoms with Gasteiger partial charge in [0.1, 0.15) is 5.65 Å². The summed E-state index contributed by atoms with van der Waals surface area (Å²) in [4.78, 5) is 20.2. The number of nitrogens with one attached hydrogen (secondary N) is 1. The Balaban J connectivity index is 1.71. The Morgan fingerprint density at radius 2 is 2.24 bits per heavy atom. The zero-order chi connectivity index (χ0) is 16.8. The van der Waals surface area contributed by atoms with Crippen molar-refractivity contribution in [2.45, 2.75) is 12.3 Å². The summed E-state index contributed by atoms with van der Waals surface area (Å²) < 4.78 is 1.71. The average molecular weight is 346 g/mol. The smallest absolute Gasteiger partial charge is 0.253 e. The molecule has 4 heterocycles. The van der Waals surface area contributed by atoms with Crippen LogP contribution in [0, 0.1) is 0 Å². The fraction of sp³-hybridized carbons (Fsp3) is 0.105. The summed E-state index contributed by atoms with van der Waals surface area (Å²) >= 11 is 1.63. The van der Waals surface area contributed by atoms with E-state index in [0.717, 1.165) is 34.3 Å². The zero-order valence-corrected chi connectivity index (χ0v) is 14.0. The van der Waals surface area contributed by atoms with Crippen LogP contribution < -0.4 is 5.56 Å². The lowest BCUT2D eigenvalue weighted by Crippen LogP contribution is -2.17. The predicted octanol–water partition coefficient (Wildman–Crippen LogP) is 3.90. The predicted molar refractivity (Wildman–Crippen MR) is 100 cm³/mol. The standard InChI is InChI=1S/C19H14N4OS/c24-19-15(12-4-2-1-3-5-12)8-14-10-20-17-9-16(13-6-7-25-11-13)22-23(17)18(14)21-19/h1-4,6-12H,5H2,(H,21,24). The first-order chi connectivity index (χ1) is 12.3. The number of thiophene rings is 1. The Morgan fingerprint density at radius 3 is 3.04 bits per heavy atom. The summed E-state index contributed by atoms with van der Waals surface area (Å²) in [6.45, 7) is 0. The molecular formula is C19H14N4OS. The number of H-pyrrole nitrogens is 1. The minimum Gasteiger partial charge on any atom is -0.306 e. The van der Waals surface area contributed by atoms with Crippen LogP contribution in [0.1, 0.15) is 17.9 Å². The van der Waals surface area contributed by atoms with Gasteiger partial charge in [0.2, 0.25) is 0 Å². The highest BCUT2D eigenvalue weighted by Gasteiger charge is 2.16. The Hall–Kier alpha value is -2.99. The summed E-state index contributed by atoms with van der Waals surface area (Å²) in [5, 5.41) is 9.58. The van der Waals surface area contributed by atoms with Crippen LogP contribution in [0.2, 0.25) is 0 Å². The van der Waals surface area contributed by atoms with E-state index in [1.54, 1.807) is 22.0 Å². The Labute approximate surface area is 147 Å². The third kappa shape index (κ3) is 2.34. The fourth-order valence-electron chi connectivity index (χ4n) is 3.23. The van der Waals surface area contributed by atoms with Crippen molar-refractivity contribution >= 4 is 28.0 Å². The normalized spacial score (nSPS) is 16.9. The zero-order valence-electron chi connectivity index (χ0n) is 13.2. The van der Waals surface area contributed by atoms with Gasteiger partial charge in [-0.2, -0.15) is 21.0 Å². The second kappa shape index (κ2) is 5.53. The molecule has 0 aromatic carbocycles. The van der Waals surface area contributed by atoms with E-state index in [4.69, 9.17) is 0 Å². The molecule has 0 saturated carbocycles. The molecule has 0 amide bonds. The van der Waals surface area contributed by atoms with Crippen molar-refractivity contribution < 1.29 is 0 Å². The molecular weight excluding hydrogens is 332 g/mol. The van der Waals surface area contributed by atoms with Gasteiger partial charge in [-0.3, -0.25) is 4.79 Å². The monoisotopic (exact) mass is 346 g/mol. The first kappa shape index (κ1) is 14.4. The van der Waals surface area contributed by atoms with Crippen LogP contribution >= 0.6 is 11.3 Å². The number of aromatic amines is 1. The molecule has 0 saturated heterocycles. The van der Waals surface area contributed by atoms with Gasteiger partial charge in [-0.25, -0.2) is 4.98 Å². The van der Waals surface area contributed by atoms with Crippen LogP contribution in [0.5, 0.6) is 0 Å². The van der Waals surface area contributed by atoms with Crippen molar-refractivity contribution in [2.24, 2.45) is 0 Å². The Bertz CT molecular complexity index is 1200. The number of rotatable bonds is 2. The molecule has 5 rings (SSSR count). The summed E-state index contributed by atoms with van der Waals surface area (Å²) in [5.74, 6) is 0.104. The van der Waals surface area contributed by atoms with Crippen LogP contribution in [-0.4, -0.2) is 19.6 Å². The molecule has 5 nitrogen and oxygen atoms in total. The molecule has 1 aliphatic carbocycles. The van der Waals surface area contributed by atoms with Crippen molar-refractivity contribution in [1.82, 2.24) is 19.6 Å². The number of nitrogens with zero attached hydrogens (tertiary/aromatic N) is 3. The molecule has 1 aliphatic rings. The largest absolute Gasteiger partial charge is 0.306 e. The molecule has 0 bridgehead atoms. The first-order valence-electron chi connectivity index (χ1n) is 8.07. The van der Waals surface area contributed by atoms with Gasteiger partial charge in [0.25, 0.3) is 5.56 Å². The van der Waals surface area contributed by atoms with E-state index >= 15 is 0 Å². The minimum atomic E-state index is -0.0717. The quantitative estimate of drug-likeness (QED) is 0.599. The number of allylic oxidation sites excluding steroid dienone is 4. The highest BCUT2D eigenvalue weighted by atomic mass is 32.1. The second-order valence-electron chi connectivity index (χ2n) is 6.08. The number of fused-ring (bicyclic) bond motifs is 3. The maximum atomic E-state index is 12.6. The average Bonchev–Trinajstić information content (AvgIpc) is 3.31. The molecule has 1 N–H and O–H groups in total. The lowest BCUT2D eigenvalue weighted by atomic mass is 9.93. The molecule has 4 aromatic heterocycles. The maximum absolute atomic E-state index is 12.6. The van der Waals surface area contributed by atoms with Crippen molar-refractivity contribution in [2.75, 3.05) is 0 Å².